The third kappa shape index (κ3) is 2.40. The molecule has 3 rings (SSSR count). The van der Waals surface area contributed by atoms with E-state index in [1.54, 1.807) is 7.11 Å². The highest BCUT2D eigenvalue weighted by Gasteiger charge is 2.32. The number of ether oxygens (including phenoxy) is 1. The Bertz CT molecular complexity index is 652. The van der Waals surface area contributed by atoms with Gasteiger partial charge in [-0.15, -0.1) is 5.10 Å². The van der Waals surface area contributed by atoms with Crippen LogP contribution in [0.2, 0.25) is 0 Å². The summed E-state index contributed by atoms with van der Waals surface area (Å²) in [6.07, 6.45) is 3.40. The fourth-order valence-corrected chi connectivity index (χ4v) is 3.17. The highest BCUT2D eigenvalue weighted by atomic mass is 16.5. The molecule has 1 aliphatic rings. The van der Waals surface area contributed by atoms with Gasteiger partial charge < -0.3 is 10.5 Å². The maximum atomic E-state index is 6.05. The first-order valence-electron chi connectivity index (χ1n) is 7.29. The van der Waals surface area contributed by atoms with Crippen molar-refractivity contribution in [3.8, 4) is 11.4 Å². The molecule has 1 heterocycles. The number of tetrazole rings is 1. The SMILES string of the molecule is COC1CCCC1n1nnnc1-c1cc(N)c(C)cc1C. The Kier molecular flexibility index (Phi) is 3.63. The zero-order valence-corrected chi connectivity index (χ0v) is 12.7. The minimum Gasteiger partial charge on any atom is -0.398 e. The first kappa shape index (κ1) is 14.0. The zero-order chi connectivity index (χ0) is 15.0. The molecule has 2 aromatic rings. The minimum absolute atomic E-state index is 0.176. The van der Waals surface area contributed by atoms with Crippen molar-refractivity contribution >= 4 is 5.69 Å². The second kappa shape index (κ2) is 5.44. The number of hydrogen-bond acceptors (Lipinski definition) is 5. The molecule has 2 unspecified atom stereocenters. The van der Waals surface area contributed by atoms with Crippen molar-refractivity contribution in [2.24, 2.45) is 0 Å². The lowest BCUT2D eigenvalue weighted by Gasteiger charge is -2.20. The molecule has 1 fully saturated rings. The van der Waals surface area contributed by atoms with Crippen molar-refractivity contribution in [3.05, 3.63) is 23.3 Å². The number of nitrogen functional groups attached to an aromatic ring is 1. The molecule has 6 heteroatoms. The number of methoxy groups -OCH3 is 1. The molecule has 1 aromatic heterocycles. The molecule has 6 nitrogen and oxygen atoms in total. The minimum atomic E-state index is 0.176. The van der Waals surface area contributed by atoms with E-state index in [9.17, 15) is 0 Å². The number of hydrogen-bond donors (Lipinski definition) is 1. The van der Waals surface area contributed by atoms with Gasteiger partial charge in [0.1, 0.15) is 0 Å². The van der Waals surface area contributed by atoms with Crippen molar-refractivity contribution in [1.82, 2.24) is 20.2 Å². The van der Waals surface area contributed by atoms with Gasteiger partial charge in [-0.3, -0.25) is 0 Å². The Hall–Kier alpha value is -1.95. The molecule has 0 bridgehead atoms. The second-order valence-corrected chi connectivity index (χ2v) is 5.74. The summed E-state index contributed by atoms with van der Waals surface area (Å²) < 4.78 is 7.47. The van der Waals surface area contributed by atoms with Crippen LogP contribution in [0.15, 0.2) is 12.1 Å². The lowest BCUT2D eigenvalue weighted by Crippen LogP contribution is -2.22. The third-order valence-corrected chi connectivity index (χ3v) is 4.38. The largest absolute Gasteiger partial charge is 0.398 e. The quantitative estimate of drug-likeness (QED) is 0.876. The van der Waals surface area contributed by atoms with Gasteiger partial charge >= 0.3 is 0 Å². The van der Waals surface area contributed by atoms with Crippen molar-refractivity contribution < 1.29 is 4.74 Å². The zero-order valence-electron chi connectivity index (χ0n) is 12.7. The van der Waals surface area contributed by atoms with Gasteiger partial charge in [-0.25, -0.2) is 4.68 Å². The smallest absolute Gasteiger partial charge is 0.182 e. The van der Waals surface area contributed by atoms with Gasteiger partial charge in [0.15, 0.2) is 5.82 Å². The van der Waals surface area contributed by atoms with E-state index < -0.39 is 0 Å². The lowest BCUT2D eigenvalue weighted by molar-refractivity contribution is 0.0708. The maximum absolute atomic E-state index is 6.05. The van der Waals surface area contributed by atoms with E-state index in [1.807, 2.05) is 17.7 Å². The van der Waals surface area contributed by atoms with Crippen LogP contribution in [0.25, 0.3) is 11.4 Å². The normalized spacial score (nSPS) is 21.9. The molecule has 0 radical (unpaired) electrons. The van der Waals surface area contributed by atoms with Crippen LogP contribution in [-0.2, 0) is 4.74 Å². The van der Waals surface area contributed by atoms with Crippen molar-refractivity contribution in [2.45, 2.75) is 45.3 Å². The van der Waals surface area contributed by atoms with Crippen LogP contribution in [0, 0.1) is 13.8 Å². The van der Waals surface area contributed by atoms with Crippen LogP contribution < -0.4 is 5.73 Å². The van der Waals surface area contributed by atoms with Gasteiger partial charge in [-0.1, -0.05) is 6.07 Å². The van der Waals surface area contributed by atoms with Crippen LogP contribution in [0.5, 0.6) is 0 Å². The molecule has 21 heavy (non-hydrogen) atoms. The summed E-state index contributed by atoms with van der Waals surface area (Å²) in [5.41, 5.74) is 10.0. The van der Waals surface area contributed by atoms with Crippen molar-refractivity contribution in [3.63, 3.8) is 0 Å². The molecule has 2 N–H and O–H groups in total. The summed E-state index contributed by atoms with van der Waals surface area (Å²) in [5, 5.41) is 12.3. The Morgan fingerprint density at radius 1 is 1.24 bits per heavy atom. The number of aryl methyl sites for hydroxylation is 2. The Balaban J connectivity index is 2.05. The monoisotopic (exact) mass is 287 g/mol. The van der Waals surface area contributed by atoms with E-state index in [0.717, 1.165) is 47.5 Å². The standard InChI is InChI=1S/C15H21N5O/c1-9-7-10(2)12(16)8-11(9)15-17-18-19-20(15)13-5-4-6-14(13)21-3/h7-8,13-14H,4-6,16H2,1-3H3. The lowest BCUT2D eigenvalue weighted by atomic mass is 10.0. The van der Waals surface area contributed by atoms with Gasteiger partial charge in [0.05, 0.1) is 12.1 Å². The summed E-state index contributed by atoms with van der Waals surface area (Å²) in [5.74, 6) is 0.771. The van der Waals surface area contributed by atoms with E-state index in [1.165, 1.54) is 0 Å². The average molecular weight is 287 g/mol. The molecule has 1 saturated carbocycles. The predicted molar refractivity (Wildman–Crippen MR) is 80.8 cm³/mol. The summed E-state index contributed by atoms with van der Waals surface area (Å²) in [6.45, 7) is 4.07. The first-order valence-corrected chi connectivity index (χ1v) is 7.29. The van der Waals surface area contributed by atoms with E-state index in [2.05, 4.69) is 28.5 Å². The molecule has 0 spiro atoms. The summed E-state index contributed by atoms with van der Waals surface area (Å²) in [7, 11) is 1.75. The van der Waals surface area contributed by atoms with Crippen LogP contribution in [0.3, 0.4) is 0 Å². The molecule has 0 aliphatic heterocycles. The Morgan fingerprint density at radius 2 is 2.05 bits per heavy atom. The van der Waals surface area contributed by atoms with Crippen molar-refractivity contribution in [2.75, 3.05) is 12.8 Å². The summed E-state index contributed by atoms with van der Waals surface area (Å²) >= 11 is 0. The van der Waals surface area contributed by atoms with E-state index in [-0.39, 0.29) is 12.1 Å². The molecule has 0 saturated heterocycles. The number of nitrogens with zero attached hydrogens (tertiary/aromatic N) is 4. The first-order chi connectivity index (χ1) is 10.1. The molecular weight excluding hydrogens is 266 g/mol. The van der Waals surface area contributed by atoms with Crippen LogP contribution in [-0.4, -0.2) is 33.4 Å². The van der Waals surface area contributed by atoms with Gasteiger partial charge in [0, 0.05) is 18.4 Å². The van der Waals surface area contributed by atoms with Gasteiger partial charge in [0.2, 0.25) is 0 Å². The van der Waals surface area contributed by atoms with Gasteiger partial charge in [-0.05, 0) is 60.7 Å². The van der Waals surface area contributed by atoms with Gasteiger partial charge in [0.25, 0.3) is 0 Å². The average Bonchev–Trinajstić information content (AvgIpc) is 3.10. The highest BCUT2D eigenvalue weighted by Crippen LogP contribution is 2.35. The molecule has 112 valence electrons. The highest BCUT2D eigenvalue weighted by molar-refractivity contribution is 5.67. The molecule has 0 amide bonds. The van der Waals surface area contributed by atoms with Crippen LogP contribution in [0.1, 0.15) is 36.4 Å². The summed E-state index contributed by atoms with van der Waals surface area (Å²) in [6, 6.07) is 4.23. The number of aromatic nitrogens is 4. The maximum Gasteiger partial charge on any atom is 0.182 e. The van der Waals surface area contributed by atoms with E-state index in [0.29, 0.717) is 0 Å². The Morgan fingerprint density at radius 3 is 2.81 bits per heavy atom. The van der Waals surface area contributed by atoms with Crippen LogP contribution >= 0.6 is 0 Å². The van der Waals surface area contributed by atoms with Crippen LogP contribution in [0.4, 0.5) is 5.69 Å². The number of benzene rings is 1. The number of nitrogens with two attached hydrogens (primary N) is 1. The molecule has 1 aromatic carbocycles. The van der Waals surface area contributed by atoms with E-state index in [4.69, 9.17) is 10.5 Å². The topological polar surface area (TPSA) is 78.8 Å². The fourth-order valence-electron chi connectivity index (χ4n) is 3.17. The molecular formula is C15H21N5O. The Labute approximate surface area is 124 Å². The number of rotatable bonds is 3. The third-order valence-electron chi connectivity index (χ3n) is 4.38. The number of anilines is 1. The van der Waals surface area contributed by atoms with Crippen molar-refractivity contribution in [1.29, 1.82) is 0 Å². The molecule has 2 atom stereocenters. The predicted octanol–water partition coefficient (Wildman–Crippen LogP) is 2.28. The van der Waals surface area contributed by atoms with E-state index >= 15 is 0 Å². The summed E-state index contributed by atoms with van der Waals surface area (Å²) in [4.78, 5) is 0. The molecule has 1 aliphatic carbocycles. The fraction of sp³-hybridized carbons (Fsp3) is 0.533. The van der Waals surface area contributed by atoms with Gasteiger partial charge in [-0.2, -0.15) is 0 Å². The second-order valence-electron chi connectivity index (χ2n) is 5.74.